The van der Waals surface area contributed by atoms with Crippen LogP contribution in [0.5, 0.6) is 0 Å². The van der Waals surface area contributed by atoms with Gasteiger partial charge in [-0.15, -0.1) is 0 Å². The van der Waals surface area contributed by atoms with Gasteiger partial charge in [0, 0.05) is 23.7 Å². The molecule has 6 unspecified atom stereocenters. The van der Waals surface area contributed by atoms with Gasteiger partial charge in [0.1, 0.15) is 13.6 Å². The molecule has 12 atom stereocenters. The zero-order valence-electron chi connectivity index (χ0n) is 30.7. The number of rotatable bonds is 8. The van der Waals surface area contributed by atoms with Gasteiger partial charge in [-0.25, -0.2) is 0 Å². The average molecular weight is 679 g/mol. The summed E-state index contributed by atoms with van der Waals surface area (Å²) in [5.41, 5.74) is 0.970. The normalized spacial score (nSPS) is 50.3. The van der Waals surface area contributed by atoms with Gasteiger partial charge in [-0.2, -0.15) is 0 Å². The van der Waals surface area contributed by atoms with E-state index in [0.29, 0.717) is 59.9 Å². The summed E-state index contributed by atoms with van der Waals surface area (Å²) < 4.78 is 17.8. The third-order valence-corrected chi connectivity index (χ3v) is 17.6. The molecular weight excluding hydrogens is 616 g/mol. The van der Waals surface area contributed by atoms with Gasteiger partial charge in [-0.05, 0) is 148 Å². The molecule has 6 fully saturated rings. The van der Waals surface area contributed by atoms with Crippen LogP contribution in [0.3, 0.4) is 0 Å². The molecule has 0 aromatic heterocycles. The lowest BCUT2D eigenvalue weighted by Crippen LogP contribution is -2.56. The highest BCUT2D eigenvalue weighted by molar-refractivity contribution is 5.92. The zero-order chi connectivity index (χ0) is 34.5. The molecule has 0 bridgehead atoms. The van der Waals surface area contributed by atoms with Crippen molar-refractivity contribution < 1.29 is 34.0 Å². The van der Waals surface area contributed by atoms with Crippen LogP contribution in [0.15, 0.2) is 23.3 Å². The van der Waals surface area contributed by atoms with Gasteiger partial charge in [-0.1, -0.05) is 38.8 Å². The van der Waals surface area contributed by atoms with E-state index in [1.54, 1.807) is 0 Å². The van der Waals surface area contributed by atoms with Crippen LogP contribution in [0, 0.1) is 57.2 Å². The first-order valence-electron chi connectivity index (χ1n) is 19.9. The summed E-state index contributed by atoms with van der Waals surface area (Å²) in [5.74, 6) is 3.96. The van der Waals surface area contributed by atoms with E-state index in [1.807, 2.05) is 12.2 Å². The van der Waals surface area contributed by atoms with Gasteiger partial charge in [0.25, 0.3) is 0 Å². The summed E-state index contributed by atoms with van der Waals surface area (Å²) >= 11 is 0. The van der Waals surface area contributed by atoms with Crippen molar-refractivity contribution in [2.75, 3.05) is 26.8 Å². The fraction of sp³-hybridized carbons (Fsp3) is 0.857. The number of ether oxygens (including phenoxy) is 3. The van der Waals surface area contributed by atoms with Gasteiger partial charge >= 0.3 is 0 Å². The molecule has 0 aromatic carbocycles. The van der Waals surface area contributed by atoms with Gasteiger partial charge in [0.2, 0.25) is 0 Å². The molecule has 7 heteroatoms. The van der Waals surface area contributed by atoms with Crippen molar-refractivity contribution in [1.82, 2.24) is 0 Å². The van der Waals surface area contributed by atoms with Crippen molar-refractivity contribution in [2.45, 2.75) is 142 Å². The highest BCUT2D eigenvalue weighted by atomic mass is 16.7. The number of fused-ring (bicyclic) bond motifs is 10. The van der Waals surface area contributed by atoms with Crippen LogP contribution in [-0.4, -0.2) is 59.8 Å². The first kappa shape index (κ1) is 34.7. The SMILES string of the molecule is C[C@]12CCC(=O)C=C1CCC1C2CC[C@@]2(C)C1CC[C@]2(O)COCOCOC[C@@]1(O)CCC2C3CCC4=CC(=O)CC[C@]4(C)C3CC[C@@]21C. The van der Waals surface area contributed by atoms with E-state index in [1.165, 1.54) is 11.1 Å². The monoisotopic (exact) mass is 678 g/mol. The highest BCUT2D eigenvalue weighted by Gasteiger charge is 2.65. The Bertz CT molecular complexity index is 1310. The lowest BCUT2D eigenvalue weighted by Gasteiger charge is -2.59. The Morgan fingerprint density at radius 1 is 0.551 bits per heavy atom. The number of carbonyl (C=O) groups excluding carboxylic acids is 2. The molecule has 8 aliphatic carbocycles. The van der Waals surface area contributed by atoms with Crippen LogP contribution in [-0.2, 0) is 23.8 Å². The standard InChI is InChI=1S/C42H62O7/c1-37-15-9-29(43)21-27(37)5-7-31-33(37)11-17-39(3)35(31)13-19-41(39,45)23-47-25-49-26-48-24-42(46)20-14-36-32-8-6-28-22-30(44)10-16-38(28,2)34(32)12-18-40(36,42)4/h21-22,31-36,45-46H,5-20,23-26H2,1-4H3/t31?,32?,33?,34?,35?,36?,37-,38-,39-,40-,41-,42-/m0/s1. The number of carbonyl (C=O) groups is 2. The second-order valence-electron chi connectivity index (χ2n) is 19.1. The van der Waals surface area contributed by atoms with Crippen LogP contribution in [0.2, 0.25) is 0 Å². The van der Waals surface area contributed by atoms with Gasteiger partial charge in [0.05, 0.1) is 24.4 Å². The lowest BCUT2D eigenvalue weighted by atomic mass is 9.46. The molecule has 8 rings (SSSR count). The molecule has 0 heterocycles. The smallest absolute Gasteiger partial charge is 0.155 e. The van der Waals surface area contributed by atoms with E-state index in [9.17, 15) is 19.8 Å². The van der Waals surface area contributed by atoms with E-state index in [2.05, 4.69) is 27.7 Å². The van der Waals surface area contributed by atoms with E-state index in [0.717, 1.165) is 89.9 Å². The summed E-state index contributed by atoms with van der Waals surface area (Å²) in [6, 6.07) is 0. The fourth-order valence-corrected chi connectivity index (χ4v) is 14.4. The number of hydrogen-bond acceptors (Lipinski definition) is 7. The Balaban J connectivity index is 0.814. The molecule has 272 valence electrons. The topological polar surface area (TPSA) is 102 Å². The largest absolute Gasteiger partial charge is 0.387 e. The Morgan fingerprint density at radius 3 is 1.39 bits per heavy atom. The van der Waals surface area contributed by atoms with Crippen molar-refractivity contribution in [3.8, 4) is 0 Å². The first-order chi connectivity index (χ1) is 23.3. The highest BCUT2D eigenvalue weighted by Crippen LogP contribution is 2.69. The van der Waals surface area contributed by atoms with Crippen molar-refractivity contribution >= 4 is 11.6 Å². The van der Waals surface area contributed by atoms with Gasteiger partial charge in [-0.3, -0.25) is 9.59 Å². The molecule has 6 saturated carbocycles. The maximum Gasteiger partial charge on any atom is 0.155 e. The van der Waals surface area contributed by atoms with Crippen molar-refractivity contribution in [1.29, 1.82) is 0 Å². The number of aliphatic hydroxyl groups is 2. The van der Waals surface area contributed by atoms with Crippen molar-refractivity contribution in [2.24, 2.45) is 57.2 Å². The summed E-state index contributed by atoms with van der Waals surface area (Å²) in [7, 11) is 0. The molecule has 0 amide bonds. The molecule has 49 heavy (non-hydrogen) atoms. The van der Waals surface area contributed by atoms with E-state index in [-0.39, 0.29) is 48.5 Å². The van der Waals surface area contributed by atoms with Gasteiger partial charge < -0.3 is 24.4 Å². The summed E-state index contributed by atoms with van der Waals surface area (Å²) in [6.07, 6.45) is 19.4. The maximum absolute atomic E-state index is 12.2. The maximum atomic E-state index is 12.2. The first-order valence-corrected chi connectivity index (χ1v) is 19.9. The second-order valence-corrected chi connectivity index (χ2v) is 19.1. The fourth-order valence-electron chi connectivity index (χ4n) is 14.4. The Kier molecular flexibility index (Phi) is 8.55. The van der Waals surface area contributed by atoms with Crippen LogP contribution < -0.4 is 0 Å². The third-order valence-electron chi connectivity index (χ3n) is 17.6. The lowest BCUT2D eigenvalue weighted by molar-refractivity contribution is -0.207. The molecule has 0 saturated heterocycles. The number of ketones is 2. The third kappa shape index (κ3) is 5.12. The molecule has 0 radical (unpaired) electrons. The molecule has 0 spiro atoms. The predicted molar refractivity (Wildman–Crippen MR) is 186 cm³/mol. The molecule has 0 aromatic rings. The van der Waals surface area contributed by atoms with Crippen LogP contribution >= 0.6 is 0 Å². The minimum atomic E-state index is -0.867. The number of allylic oxidation sites excluding steroid dienone is 2. The Morgan fingerprint density at radius 2 is 0.959 bits per heavy atom. The summed E-state index contributed by atoms with van der Waals surface area (Å²) in [4.78, 5) is 24.4. The van der Waals surface area contributed by atoms with Crippen molar-refractivity contribution in [3.05, 3.63) is 23.3 Å². The second kappa shape index (κ2) is 12.1. The minimum Gasteiger partial charge on any atom is -0.387 e. The summed E-state index contributed by atoms with van der Waals surface area (Å²) in [5, 5.41) is 24.1. The van der Waals surface area contributed by atoms with Crippen molar-refractivity contribution in [3.63, 3.8) is 0 Å². The average Bonchev–Trinajstić information content (AvgIpc) is 3.50. The van der Waals surface area contributed by atoms with E-state index < -0.39 is 11.2 Å². The zero-order valence-corrected chi connectivity index (χ0v) is 30.7. The minimum absolute atomic E-state index is 0.0639. The Hall–Kier alpha value is -1.38. The molecule has 8 aliphatic rings. The Labute approximate surface area is 294 Å². The van der Waals surface area contributed by atoms with Crippen LogP contribution in [0.1, 0.15) is 130 Å². The molecule has 7 nitrogen and oxygen atoms in total. The van der Waals surface area contributed by atoms with E-state index in [4.69, 9.17) is 14.2 Å². The summed E-state index contributed by atoms with van der Waals surface area (Å²) in [6.45, 7) is 10.1. The van der Waals surface area contributed by atoms with Gasteiger partial charge in [0.15, 0.2) is 11.6 Å². The van der Waals surface area contributed by atoms with E-state index >= 15 is 0 Å². The number of hydrogen-bond donors (Lipinski definition) is 2. The quantitative estimate of drug-likeness (QED) is 0.203. The van der Waals surface area contributed by atoms with Crippen LogP contribution in [0.4, 0.5) is 0 Å². The molecule has 2 N–H and O–H groups in total. The molecule has 0 aliphatic heterocycles. The molecular formula is C42H62O7. The van der Waals surface area contributed by atoms with Crippen LogP contribution in [0.25, 0.3) is 0 Å². The predicted octanol–water partition coefficient (Wildman–Crippen LogP) is 7.48.